The molecule has 0 aromatic carbocycles. The highest BCUT2D eigenvalue weighted by Crippen LogP contribution is 2.07. The molecule has 1 heterocycles. The molecular weight excluding hydrogens is 242 g/mol. The zero-order valence-electron chi connectivity index (χ0n) is 12.3. The van der Waals surface area contributed by atoms with Crippen LogP contribution in [0.3, 0.4) is 0 Å². The number of hydrogen-bond donors (Lipinski definition) is 3. The largest absolute Gasteiger partial charge is 0.352 e. The van der Waals surface area contributed by atoms with Crippen LogP contribution >= 0.6 is 0 Å². The first-order valence-corrected chi connectivity index (χ1v) is 7.26. The summed E-state index contributed by atoms with van der Waals surface area (Å²) in [4.78, 5) is 23.2. The lowest BCUT2D eigenvalue weighted by atomic mass is 10.0. The third kappa shape index (κ3) is 7.15. The molecule has 1 fully saturated rings. The molecule has 2 atom stereocenters. The average molecular weight is 269 g/mol. The van der Waals surface area contributed by atoms with Crippen molar-refractivity contribution in [3.8, 4) is 0 Å². The molecular formula is C14H27N3O2. The van der Waals surface area contributed by atoms with Gasteiger partial charge < -0.3 is 16.0 Å². The second-order valence-corrected chi connectivity index (χ2v) is 5.85. The van der Waals surface area contributed by atoms with Crippen molar-refractivity contribution in [2.24, 2.45) is 5.92 Å². The maximum absolute atomic E-state index is 11.7. The Balaban J connectivity index is 2.15. The van der Waals surface area contributed by atoms with Gasteiger partial charge in [-0.25, -0.2) is 0 Å². The van der Waals surface area contributed by atoms with E-state index < -0.39 is 0 Å². The van der Waals surface area contributed by atoms with Gasteiger partial charge in [0.25, 0.3) is 0 Å². The second kappa shape index (κ2) is 8.15. The van der Waals surface area contributed by atoms with Gasteiger partial charge in [0.15, 0.2) is 0 Å². The molecule has 2 unspecified atom stereocenters. The quantitative estimate of drug-likeness (QED) is 0.668. The molecule has 110 valence electrons. The van der Waals surface area contributed by atoms with E-state index in [4.69, 9.17) is 0 Å². The number of rotatable bonds is 6. The van der Waals surface area contributed by atoms with Crippen molar-refractivity contribution in [3.63, 3.8) is 0 Å². The maximum Gasteiger partial charge on any atom is 0.239 e. The molecule has 19 heavy (non-hydrogen) atoms. The molecule has 5 heteroatoms. The monoisotopic (exact) mass is 269 g/mol. The van der Waals surface area contributed by atoms with E-state index in [0.29, 0.717) is 18.4 Å². The molecule has 0 aromatic heterocycles. The molecule has 0 spiro atoms. The molecule has 5 nitrogen and oxygen atoms in total. The third-order valence-corrected chi connectivity index (χ3v) is 3.38. The molecule has 1 saturated heterocycles. The van der Waals surface area contributed by atoms with Gasteiger partial charge in [0.1, 0.15) is 0 Å². The standard InChI is InChI=1S/C14H27N3O2/c1-10(2)4-5-13(18)16-9-14(19)17-12-6-7-15-11(3)8-12/h10-12,15H,4-9H2,1-3H3,(H,16,18)(H,17,19). The minimum absolute atomic E-state index is 0.0393. The number of amides is 2. The fourth-order valence-corrected chi connectivity index (χ4v) is 2.23. The molecule has 1 rings (SSSR count). The zero-order valence-corrected chi connectivity index (χ0v) is 12.3. The first-order valence-electron chi connectivity index (χ1n) is 7.26. The van der Waals surface area contributed by atoms with Gasteiger partial charge in [0.2, 0.25) is 11.8 Å². The van der Waals surface area contributed by atoms with Crippen molar-refractivity contribution in [1.29, 1.82) is 0 Å². The summed E-state index contributed by atoms with van der Waals surface area (Å²) in [6.07, 6.45) is 3.26. The Morgan fingerprint density at radius 1 is 1.32 bits per heavy atom. The summed E-state index contributed by atoms with van der Waals surface area (Å²) in [6.45, 7) is 7.31. The number of nitrogens with one attached hydrogen (secondary N) is 3. The third-order valence-electron chi connectivity index (χ3n) is 3.38. The van der Waals surface area contributed by atoms with Gasteiger partial charge in [-0.2, -0.15) is 0 Å². The van der Waals surface area contributed by atoms with Crippen molar-refractivity contribution in [3.05, 3.63) is 0 Å². The molecule has 0 saturated carbocycles. The average Bonchev–Trinajstić information content (AvgIpc) is 2.34. The van der Waals surface area contributed by atoms with Crippen molar-refractivity contribution in [2.45, 2.75) is 58.5 Å². The first-order chi connectivity index (χ1) is 8.97. The minimum atomic E-state index is -0.0861. The van der Waals surface area contributed by atoms with Crippen LogP contribution in [0.2, 0.25) is 0 Å². The highest BCUT2D eigenvalue weighted by molar-refractivity contribution is 5.84. The van der Waals surface area contributed by atoms with Gasteiger partial charge in [-0.15, -0.1) is 0 Å². The first kappa shape index (κ1) is 16.0. The van der Waals surface area contributed by atoms with Crippen molar-refractivity contribution in [1.82, 2.24) is 16.0 Å². The van der Waals surface area contributed by atoms with Crippen LogP contribution in [-0.2, 0) is 9.59 Å². The van der Waals surface area contributed by atoms with Gasteiger partial charge >= 0.3 is 0 Å². The van der Waals surface area contributed by atoms with E-state index in [1.54, 1.807) is 0 Å². The molecule has 3 N–H and O–H groups in total. The maximum atomic E-state index is 11.7. The Morgan fingerprint density at radius 3 is 2.68 bits per heavy atom. The molecule has 1 aliphatic heterocycles. The lowest BCUT2D eigenvalue weighted by Crippen LogP contribution is -2.48. The van der Waals surface area contributed by atoms with Gasteiger partial charge in [-0.05, 0) is 38.6 Å². The zero-order chi connectivity index (χ0) is 14.3. The van der Waals surface area contributed by atoms with Crippen LogP contribution in [0, 0.1) is 5.92 Å². The highest BCUT2D eigenvalue weighted by Gasteiger charge is 2.19. The molecule has 0 aliphatic carbocycles. The summed E-state index contributed by atoms with van der Waals surface area (Å²) in [7, 11) is 0. The van der Waals surface area contributed by atoms with Crippen molar-refractivity contribution >= 4 is 11.8 Å². The molecule has 0 aromatic rings. The Morgan fingerprint density at radius 2 is 2.05 bits per heavy atom. The van der Waals surface area contributed by atoms with E-state index in [2.05, 4.69) is 36.7 Å². The smallest absolute Gasteiger partial charge is 0.239 e. The summed E-state index contributed by atoms with van der Waals surface area (Å²) in [6, 6.07) is 0.677. The fraction of sp³-hybridized carbons (Fsp3) is 0.857. The number of hydrogen-bond acceptors (Lipinski definition) is 3. The van der Waals surface area contributed by atoms with E-state index in [1.165, 1.54) is 0 Å². The van der Waals surface area contributed by atoms with Crippen LogP contribution in [0.4, 0.5) is 0 Å². The Kier molecular flexibility index (Phi) is 6.84. The van der Waals surface area contributed by atoms with E-state index in [-0.39, 0.29) is 24.4 Å². The Labute approximate surface area is 115 Å². The SMILES string of the molecule is CC(C)CCC(=O)NCC(=O)NC1CCNC(C)C1. The summed E-state index contributed by atoms with van der Waals surface area (Å²) in [5, 5.41) is 8.99. The second-order valence-electron chi connectivity index (χ2n) is 5.85. The van der Waals surface area contributed by atoms with Crippen LogP contribution in [0.1, 0.15) is 46.5 Å². The number of piperidine rings is 1. The van der Waals surface area contributed by atoms with E-state index in [1.807, 2.05) is 0 Å². The predicted octanol–water partition coefficient (Wildman–Crippen LogP) is 0.796. The van der Waals surface area contributed by atoms with Crippen molar-refractivity contribution < 1.29 is 9.59 Å². The summed E-state index contributed by atoms with van der Waals surface area (Å²) >= 11 is 0. The van der Waals surface area contributed by atoms with E-state index in [0.717, 1.165) is 25.8 Å². The molecule has 0 radical (unpaired) electrons. The lowest BCUT2D eigenvalue weighted by Gasteiger charge is -2.28. The van der Waals surface area contributed by atoms with Crippen LogP contribution in [-0.4, -0.2) is 37.0 Å². The topological polar surface area (TPSA) is 70.2 Å². The van der Waals surface area contributed by atoms with E-state index in [9.17, 15) is 9.59 Å². The highest BCUT2D eigenvalue weighted by atomic mass is 16.2. The van der Waals surface area contributed by atoms with Crippen molar-refractivity contribution in [2.75, 3.05) is 13.1 Å². The Bertz CT molecular complexity index is 305. The van der Waals surface area contributed by atoms with Crippen LogP contribution in [0.15, 0.2) is 0 Å². The normalized spacial score (nSPS) is 23.2. The number of carbonyl (C=O) groups excluding carboxylic acids is 2. The predicted molar refractivity (Wildman–Crippen MR) is 75.7 cm³/mol. The molecule has 1 aliphatic rings. The van der Waals surface area contributed by atoms with Gasteiger partial charge in [0.05, 0.1) is 6.54 Å². The minimum Gasteiger partial charge on any atom is -0.352 e. The fourth-order valence-electron chi connectivity index (χ4n) is 2.23. The van der Waals surface area contributed by atoms with Gasteiger partial charge in [-0.3, -0.25) is 9.59 Å². The molecule has 2 amide bonds. The summed E-state index contributed by atoms with van der Waals surface area (Å²) < 4.78 is 0. The van der Waals surface area contributed by atoms with E-state index >= 15 is 0 Å². The lowest BCUT2D eigenvalue weighted by molar-refractivity contribution is -0.126. The van der Waals surface area contributed by atoms with Crippen LogP contribution in [0.25, 0.3) is 0 Å². The van der Waals surface area contributed by atoms with Crippen LogP contribution < -0.4 is 16.0 Å². The number of carbonyl (C=O) groups is 2. The van der Waals surface area contributed by atoms with Gasteiger partial charge in [0, 0.05) is 18.5 Å². The summed E-state index contributed by atoms with van der Waals surface area (Å²) in [5.74, 6) is 0.385. The Hall–Kier alpha value is -1.10. The summed E-state index contributed by atoms with van der Waals surface area (Å²) in [5.41, 5.74) is 0. The van der Waals surface area contributed by atoms with Gasteiger partial charge in [-0.1, -0.05) is 13.8 Å². The van der Waals surface area contributed by atoms with Crippen LogP contribution in [0.5, 0.6) is 0 Å². The molecule has 0 bridgehead atoms.